The first kappa shape index (κ1) is 20.9. The summed E-state index contributed by atoms with van der Waals surface area (Å²) < 4.78 is 22.7. The average Bonchev–Trinajstić information content (AvgIpc) is 2.97. The van der Waals surface area contributed by atoms with Crippen LogP contribution in [0, 0.1) is 11.8 Å². The highest BCUT2D eigenvalue weighted by Gasteiger charge is 2.49. The van der Waals surface area contributed by atoms with Gasteiger partial charge in [0.05, 0.1) is 11.8 Å². The summed E-state index contributed by atoms with van der Waals surface area (Å²) in [6, 6.07) is 6.33. The number of carbonyl (C=O) groups is 2. The highest BCUT2D eigenvalue weighted by molar-refractivity contribution is 5.80. The van der Waals surface area contributed by atoms with Gasteiger partial charge in [-0.1, -0.05) is 27.7 Å². The summed E-state index contributed by atoms with van der Waals surface area (Å²) in [6.45, 7) is 10.4. The van der Waals surface area contributed by atoms with E-state index in [1.807, 2.05) is 0 Å². The molecular weight excluding hydrogens is 376 g/mol. The van der Waals surface area contributed by atoms with Gasteiger partial charge in [0.15, 0.2) is 12.2 Å². The molecule has 1 aliphatic rings. The van der Waals surface area contributed by atoms with Crippen molar-refractivity contribution in [3.05, 3.63) is 40.2 Å². The molecule has 3 rings (SSSR count). The number of rotatable bonds is 5. The Hall–Kier alpha value is -2.83. The van der Waals surface area contributed by atoms with Crippen molar-refractivity contribution >= 4 is 22.9 Å². The molecule has 0 saturated carbocycles. The van der Waals surface area contributed by atoms with E-state index in [-0.39, 0.29) is 23.8 Å². The van der Waals surface area contributed by atoms with Crippen LogP contribution in [0.4, 0.5) is 0 Å². The zero-order valence-electron chi connectivity index (χ0n) is 17.5. The normalized spacial score (nSPS) is 18.6. The Morgan fingerprint density at radius 2 is 1.69 bits per heavy atom. The predicted octanol–water partition coefficient (Wildman–Crippen LogP) is 3.77. The zero-order chi connectivity index (χ0) is 21.5. The highest BCUT2D eigenvalue weighted by atomic mass is 16.6. The van der Waals surface area contributed by atoms with E-state index in [2.05, 4.69) is 0 Å². The van der Waals surface area contributed by atoms with Crippen molar-refractivity contribution in [1.29, 1.82) is 0 Å². The Kier molecular flexibility index (Phi) is 5.43. The molecule has 1 aromatic carbocycles. The minimum atomic E-state index is -1.07. The van der Waals surface area contributed by atoms with E-state index >= 15 is 0 Å². The Bertz CT molecular complexity index is 1000. The second-order valence-corrected chi connectivity index (χ2v) is 8.41. The lowest BCUT2D eigenvalue weighted by Gasteiger charge is -2.34. The Morgan fingerprint density at radius 3 is 2.31 bits per heavy atom. The van der Waals surface area contributed by atoms with E-state index in [9.17, 15) is 14.4 Å². The number of hydrogen-bond acceptors (Lipinski definition) is 7. The van der Waals surface area contributed by atoms with Gasteiger partial charge in [0.2, 0.25) is 0 Å². The van der Waals surface area contributed by atoms with E-state index in [0.29, 0.717) is 22.3 Å². The number of esters is 2. The van der Waals surface area contributed by atoms with Crippen LogP contribution in [0.15, 0.2) is 33.5 Å². The number of hydrogen-bond donors (Lipinski definition) is 0. The third kappa shape index (κ3) is 4.13. The maximum absolute atomic E-state index is 12.4. The second kappa shape index (κ2) is 7.54. The number of ether oxygens (including phenoxy) is 3. The Morgan fingerprint density at radius 1 is 1.03 bits per heavy atom. The lowest BCUT2D eigenvalue weighted by Crippen LogP contribution is -2.47. The fraction of sp³-hybridized carbons (Fsp3) is 0.500. The van der Waals surface area contributed by atoms with E-state index in [1.54, 1.807) is 59.7 Å². The van der Waals surface area contributed by atoms with Gasteiger partial charge in [-0.3, -0.25) is 9.59 Å². The molecule has 0 saturated heterocycles. The summed E-state index contributed by atoms with van der Waals surface area (Å²) in [4.78, 5) is 36.1. The standard InChI is InChI=1S/C22H26O7/c1-11(2)20(24)28-18-14-9-13-7-8-17(23)26-15(13)10-16(14)27-19(18)22(5,6)29-21(25)12(3)4/h7-12,18-19H,1-6H3. The van der Waals surface area contributed by atoms with Crippen molar-refractivity contribution in [3.8, 4) is 5.75 Å². The molecule has 2 heterocycles. The smallest absolute Gasteiger partial charge is 0.336 e. The largest absolute Gasteiger partial charge is 0.481 e. The molecule has 7 nitrogen and oxygen atoms in total. The zero-order valence-corrected chi connectivity index (χ0v) is 17.5. The number of carbonyl (C=O) groups excluding carboxylic acids is 2. The fourth-order valence-corrected chi connectivity index (χ4v) is 3.13. The van der Waals surface area contributed by atoms with Crippen LogP contribution >= 0.6 is 0 Å². The molecule has 0 N–H and O–H groups in total. The molecule has 0 amide bonds. The minimum absolute atomic E-state index is 0.313. The lowest BCUT2D eigenvalue weighted by molar-refractivity contribution is -0.181. The molecule has 2 unspecified atom stereocenters. The van der Waals surface area contributed by atoms with Gasteiger partial charge in [-0.2, -0.15) is 0 Å². The molecule has 7 heteroatoms. The van der Waals surface area contributed by atoms with Gasteiger partial charge in [-0.05, 0) is 26.0 Å². The summed E-state index contributed by atoms with van der Waals surface area (Å²) >= 11 is 0. The Labute approximate surface area is 168 Å². The van der Waals surface area contributed by atoms with Crippen molar-refractivity contribution in [2.75, 3.05) is 0 Å². The van der Waals surface area contributed by atoms with E-state index < -0.39 is 23.4 Å². The second-order valence-electron chi connectivity index (χ2n) is 8.41. The summed E-state index contributed by atoms with van der Waals surface area (Å²) in [7, 11) is 0. The van der Waals surface area contributed by atoms with Gasteiger partial charge in [0.1, 0.15) is 16.9 Å². The third-order valence-corrected chi connectivity index (χ3v) is 4.82. The first-order valence-electron chi connectivity index (χ1n) is 9.67. The highest BCUT2D eigenvalue weighted by Crippen LogP contribution is 2.46. The third-order valence-electron chi connectivity index (χ3n) is 4.82. The molecule has 0 spiro atoms. The first-order valence-corrected chi connectivity index (χ1v) is 9.67. The molecular formula is C22H26O7. The van der Waals surface area contributed by atoms with Gasteiger partial charge in [-0.15, -0.1) is 0 Å². The van der Waals surface area contributed by atoms with Crippen molar-refractivity contribution in [1.82, 2.24) is 0 Å². The average molecular weight is 402 g/mol. The van der Waals surface area contributed by atoms with E-state index in [1.165, 1.54) is 6.07 Å². The molecule has 0 bridgehead atoms. The molecule has 0 radical (unpaired) electrons. The summed E-state index contributed by atoms with van der Waals surface area (Å²) in [5.74, 6) is -0.986. The van der Waals surface area contributed by atoms with Gasteiger partial charge >= 0.3 is 17.6 Å². The molecule has 1 aromatic heterocycles. The van der Waals surface area contributed by atoms with Crippen molar-refractivity contribution in [2.45, 2.75) is 59.4 Å². The monoisotopic (exact) mass is 402 g/mol. The molecule has 29 heavy (non-hydrogen) atoms. The van der Waals surface area contributed by atoms with Crippen LogP contribution in [0.3, 0.4) is 0 Å². The lowest BCUT2D eigenvalue weighted by atomic mass is 9.93. The van der Waals surface area contributed by atoms with E-state index in [4.69, 9.17) is 18.6 Å². The van der Waals surface area contributed by atoms with Crippen LogP contribution in [0.5, 0.6) is 5.75 Å². The van der Waals surface area contributed by atoms with E-state index in [0.717, 1.165) is 0 Å². The van der Waals surface area contributed by atoms with Crippen LogP contribution in [0.2, 0.25) is 0 Å². The van der Waals surface area contributed by atoms with Crippen LogP contribution in [-0.2, 0) is 19.1 Å². The van der Waals surface area contributed by atoms with Crippen LogP contribution in [0.1, 0.15) is 53.2 Å². The van der Waals surface area contributed by atoms with Crippen molar-refractivity contribution in [3.63, 3.8) is 0 Å². The van der Waals surface area contributed by atoms with Gasteiger partial charge in [0.25, 0.3) is 0 Å². The SMILES string of the molecule is CC(C)C(=O)OC1c2cc3ccc(=O)oc3cc2OC1C(C)(C)OC(=O)C(C)C. The summed E-state index contributed by atoms with van der Waals surface area (Å²) in [5, 5.41) is 0.676. The summed E-state index contributed by atoms with van der Waals surface area (Å²) in [5.41, 5.74) is -0.544. The topological polar surface area (TPSA) is 92.0 Å². The van der Waals surface area contributed by atoms with Gasteiger partial charge in [-0.25, -0.2) is 4.79 Å². The quantitative estimate of drug-likeness (QED) is 0.555. The summed E-state index contributed by atoms with van der Waals surface area (Å²) in [6.07, 6.45) is -1.53. The maximum atomic E-state index is 12.4. The Balaban J connectivity index is 2.05. The molecule has 2 atom stereocenters. The molecule has 1 aliphatic heterocycles. The van der Waals surface area contributed by atoms with Crippen molar-refractivity contribution < 1.29 is 28.2 Å². The predicted molar refractivity (Wildman–Crippen MR) is 106 cm³/mol. The van der Waals surface area contributed by atoms with Crippen LogP contribution in [0.25, 0.3) is 11.0 Å². The molecule has 2 aromatic rings. The van der Waals surface area contributed by atoms with Gasteiger partial charge < -0.3 is 18.6 Å². The minimum Gasteiger partial charge on any atom is -0.481 e. The maximum Gasteiger partial charge on any atom is 0.336 e. The van der Waals surface area contributed by atoms with Gasteiger partial charge in [0, 0.05) is 23.1 Å². The first-order chi connectivity index (χ1) is 13.5. The number of fused-ring (bicyclic) bond motifs is 2. The fourth-order valence-electron chi connectivity index (χ4n) is 3.13. The molecule has 0 aliphatic carbocycles. The number of benzene rings is 1. The molecule has 156 valence electrons. The van der Waals surface area contributed by atoms with Crippen molar-refractivity contribution in [2.24, 2.45) is 11.8 Å². The molecule has 0 fully saturated rings. The van der Waals surface area contributed by atoms with Crippen LogP contribution in [-0.4, -0.2) is 23.6 Å². The van der Waals surface area contributed by atoms with Crippen LogP contribution < -0.4 is 10.4 Å².